The fourth-order valence-electron chi connectivity index (χ4n) is 1.75. The lowest BCUT2D eigenvalue weighted by atomic mass is 10.2. The van der Waals surface area contributed by atoms with Gasteiger partial charge in [-0.05, 0) is 34.7 Å². The summed E-state index contributed by atoms with van der Waals surface area (Å²) in [4.78, 5) is 32.9. The zero-order valence-corrected chi connectivity index (χ0v) is 12.0. The van der Waals surface area contributed by atoms with Crippen LogP contribution < -0.4 is 0 Å². The minimum atomic E-state index is -1.03. The van der Waals surface area contributed by atoms with Crippen molar-refractivity contribution in [3.8, 4) is 0 Å². The Bertz CT molecular complexity index is 706. The Balaban J connectivity index is 1.99. The molecule has 0 atom stereocenters. The normalized spacial score (nSPS) is 10.2. The number of esters is 1. The number of benzene rings is 1. The van der Waals surface area contributed by atoms with Crippen molar-refractivity contribution in [2.75, 3.05) is 0 Å². The molecule has 0 spiro atoms. The van der Waals surface area contributed by atoms with Gasteiger partial charge in [-0.15, -0.1) is 11.3 Å². The van der Waals surface area contributed by atoms with Crippen LogP contribution in [0, 0.1) is 10.1 Å². The van der Waals surface area contributed by atoms with E-state index in [0.717, 1.165) is 11.3 Å². The largest absolute Gasteiger partial charge is 0.481 e. The Kier molecular flexibility index (Phi) is 4.84. The number of thiophene rings is 1. The first-order chi connectivity index (χ1) is 10.5. The molecule has 0 fully saturated rings. The van der Waals surface area contributed by atoms with Crippen LogP contribution in [0.4, 0.5) is 5.69 Å². The molecule has 0 saturated carbocycles. The average molecular weight is 321 g/mol. The number of ether oxygens (including phenoxy) is 1. The van der Waals surface area contributed by atoms with Gasteiger partial charge in [0.2, 0.25) is 0 Å². The minimum absolute atomic E-state index is 0.0404. The van der Waals surface area contributed by atoms with Gasteiger partial charge in [0, 0.05) is 12.1 Å². The summed E-state index contributed by atoms with van der Waals surface area (Å²) in [6.45, 7) is -0.0404. The number of carbonyl (C=O) groups is 2. The highest BCUT2D eigenvalue weighted by Gasteiger charge is 2.17. The van der Waals surface area contributed by atoms with Crippen LogP contribution in [0.1, 0.15) is 20.8 Å². The number of non-ortho nitro benzene ring substituents is 1. The molecule has 0 aliphatic rings. The summed E-state index contributed by atoms with van der Waals surface area (Å²) in [7, 11) is 0. The van der Waals surface area contributed by atoms with E-state index >= 15 is 0 Å². The summed E-state index contributed by atoms with van der Waals surface area (Å²) in [5.74, 6) is -1.63. The van der Waals surface area contributed by atoms with Crippen LogP contribution in [-0.2, 0) is 22.6 Å². The number of nitro groups is 1. The van der Waals surface area contributed by atoms with E-state index in [-0.39, 0.29) is 23.6 Å². The van der Waals surface area contributed by atoms with Crippen molar-refractivity contribution < 1.29 is 24.4 Å². The van der Waals surface area contributed by atoms with Gasteiger partial charge >= 0.3 is 11.9 Å². The van der Waals surface area contributed by atoms with Crippen LogP contribution in [0.25, 0.3) is 0 Å². The van der Waals surface area contributed by atoms with Crippen LogP contribution in [-0.4, -0.2) is 22.0 Å². The molecule has 2 aromatic rings. The molecular formula is C14H11NO6S. The molecule has 0 unspecified atom stereocenters. The standard InChI is InChI=1S/C14H11NO6S/c16-12(17)7-10-5-6-22-13(10)14(18)21-8-9-1-3-11(4-2-9)15(19)20/h1-6H,7-8H2,(H,16,17). The molecule has 0 amide bonds. The maximum Gasteiger partial charge on any atom is 0.348 e. The van der Waals surface area contributed by atoms with Crippen LogP contribution in [0.15, 0.2) is 35.7 Å². The fraction of sp³-hybridized carbons (Fsp3) is 0.143. The maximum absolute atomic E-state index is 11.9. The van der Waals surface area contributed by atoms with Crippen molar-refractivity contribution in [3.05, 3.63) is 61.8 Å². The van der Waals surface area contributed by atoms with E-state index in [2.05, 4.69) is 0 Å². The van der Waals surface area contributed by atoms with Crippen molar-refractivity contribution in [1.82, 2.24) is 0 Å². The summed E-state index contributed by atoms with van der Waals surface area (Å²) in [6.07, 6.45) is -0.245. The zero-order valence-electron chi connectivity index (χ0n) is 11.2. The number of hydrogen-bond donors (Lipinski definition) is 1. The van der Waals surface area contributed by atoms with Gasteiger partial charge in [0.1, 0.15) is 11.5 Å². The van der Waals surface area contributed by atoms with Crippen molar-refractivity contribution in [1.29, 1.82) is 0 Å². The number of carboxylic acid groups (broad SMARTS) is 1. The smallest absolute Gasteiger partial charge is 0.348 e. The van der Waals surface area contributed by atoms with E-state index < -0.39 is 16.9 Å². The third kappa shape index (κ3) is 3.89. The first kappa shape index (κ1) is 15.6. The average Bonchev–Trinajstić information content (AvgIpc) is 2.92. The first-order valence-corrected chi connectivity index (χ1v) is 7.04. The molecule has 1 N–H and O–H groups in total. The maximum atomic E-state index is 11.9. The van der Waals surface area contributed by atoms with Crippen molar-refractivity contribution in [3.63, 3.8) is 0 Å². The Morgan fingerprint density at radius 2 is 1.91 bits per heavy atom. The summed E-state index contributed by atoms with van der Waals surface area (Å²) >= 11 is 1.11. The summed E-state index contributed by atoms with van der Waals surface area (Å²) < 4.78 is 5.10. The van der Waals surface area contributed by atoms with E-state index in [1.807, 2.05) is 0 Å². The van der Waals surface area contributed by atoms with Gasteiger partial charge in [-0.25, -0.2) is 4.79 Å². The number of nitro benzene ring substituents is 1. The third-order valence-corrected chi connectivity index (χ3v) is 3.73. The molecule has 0 radical (unpaired) electrons. The highest BCUT2D eigenvalue weighted by atomic mass is 32.1. The fourth-order valence-corrected chi connectivity index (χ4v) is 2.56. The Morgan fingerprint density at radius 1 is 1.23 bits per heavy atom. The van der Waals surface area contributed by atoms with Crippen LogP contribution >= 0.6 is 11.3 Å². The predicted octanol–water partition coefficient (Wildman–Crippen LogP) is 2.64. The molecule has 7 nitrogen and oxygen atoms in total. The lowest BCUT2D eigenvalue weighted by molar-refractivity contribution is -0.384. The number of carbonyl (C=O) groups excluding carboxylic acids is 1. The molecule has 1 heterocycles. The van der Waals surface area contributed by atoms with Gasteiger partial charge in [0.25, 0.3) is 5.69 Å². The second-order valence-corrected chi connectivity index (χ2v) is 5.26. The number of carboxylic acids is 1. The monoisotopic (exact) mass is 321 g/mol. The summed E-state index contributed by atoms with van der Waals surface area (Å²) in [6, 6.07) is 7.21. The number of hydrogen-bond acceptors (Lipinski definition) is 6. The topological polar surface area (TPSA) is 107 Å². The van der Waals surface area contributed by atoms with Crippen LogP contribution in [0.2, 0.25) is 0 Å². The minimum Gasteiger partial charge on any atom is -0.481 e. The van der Waals surface area contributed by atoms with E-state index in [1.54, 1.807) is 11.4 Å². The lowest BCUT2D eigenvalue weighted by Crippen LogP contribution is -2.08. The van der Waals surface area contributed by atoms with E-state index in [1.165, 1.54) is 24.3 Å². The first-order valence-electron chi connectivity index (χ1n) is 6.16. The van der Waals surface area contributed by atoms with Crippen LogP contribution in [0.5, 0.6) is 0 Å². The molecule has 2 rings (SSSR count). The number of rotatable bonds is 6. The molecule has 0 saturated heterocycles. The second kappa shape index (κ2) is 6.81. The number of nitrogens with zero attached hydrogens (tertiary/aromatic N) is 1. The molecular weight excluding hydrogens is 310 g/mol. The van der Waals surface area contributed by atoms with E-state index in [9.17, 15) is 19.7 Å². The summed E-state index contributed by atoms with van der Waals surface area (Å²) in [5.41, 5.74) is 0.971. The molecule has 1 aromatic heterocycles. The Morgan fingerprint density at radius 3 is 2.50 bits per heavy atom. The molecule has 114 valence electrons. The Labute approximate surface area is 128 Å². The molecule has 1 aromatic carbocycles. The number of aliphatic carboxylic acids is 1. The van der Waals surface area contributed by atoms with Gasteiger partial charge < -0.3 is 9.84 Å². The molecule has 22 heavy (non-hydrogen) atoms. The quantitative estimate of drug-likeness (QED) is 0.498. The second-order valence-electron chi connectivity index (χ2n) is 4.35. The van der Waals surface area contributed by atoms with Crippen LogP contribution in [0.3, 0.4) is 0 Å². The van der Waals surface area contributed by atoms with Gasteiger partial charge in [-0.2, -0.15) is 0 Å². The van der Waals surface area contributed by atoms with Crippen molar-refractivity contribution in [2.45, 2.75) is 13.0 Å². The SMILES string of the molecule is O=C(O)Cc1ccsc1C(=O)OCc1ccc([N+](=O)[O-])cc1. The predicted molar refractivity (Wildman–Crippen MR) is 77.9 cm³/mol. The van der Waals surface area contributed by atoms with E-state index in [4.69, 9.17) is 9.84 Å². The highest BCUT2D eigenvalue weighted by molar-refractivity contribution is 7.12. The van der Waals surface area contributed by atoms with Gasteiger partial charge in [0.15, 0.2) is 0 Å². The van der Waals surface area contributed by atoms with Gasteiger partial charge in [-0.3, -0.25) is 14.9 Å². The van der Waals surface area contributed by atoms with Gasteiger partial charge in [-0.1, -0.05) is 0 Å². The highest BCUT2D eigenvalue weighted by Crippen LogP contribution is 2.20. The van der Waals surface area contributed by atoms with Crippen molar-refractivity contribution >= 4 is 29.0 Å². The third-order valence-electron chi connectivity index (χ3n) is 2.79. The lowest BCUT2D eigenvalue weighted by Gasteiger charge is -2.05. The zero-order chi connectivity index (χ0) is 16.1. The molecule has 8 heteroatoms. The molecule has 0 bridgehead atoms. The molecule has 0 aliphatic carbocycles. The Hall–Kier alpha value is -2.74. The van der Waals surface area contributed by atoms with Crippen molar-refractivity contribution in [2.24, 2.45) is 0 Å². The van der Waals surface area contributed by atoms with E-state index in [0.29, 0.717) is 11.1 Å². The molecule has 0 aliphatic heterocycles. The summed E-state index contributed by atoms with van der Waals surface area (Å²) in [5, 5.41) is 20.9. The van der Waals surface area contributed by atoms with Gasteiger partial charge in [0.05, 0.1) is 11.3 Å².